The second-order valence-electron chi connectivity index (χ2n) is 12.0. The van der Waals surface area contributed by atoms with E-state index in [0.717, 1.165) is 50.5 Å². The van der Waals surface area contributed by atoms with Crippen LogP contribution in [0.15, 0.2) is 59.7 Å². The van der Waals surface area contributed by atoms with E-state index in [9.17, 15) is 9.59 Å². The Kier molecular flexibility index (Phi) is 5.87. The van der Waals surface area contributed by atoms with E-state index < -0.39 is 0 Å². The molecule has 0 N–H and O–H groups in total. The van der Waals surface area contributed by atoms with Crippen molar-refractivity contribution in [1.29, 1.82) is 0 Å². The fourth-order valence-electron chi connectivity index (χ4n) is 8.12. The fourth-order valence-corrected chi connectivity index (χ4v) is 9.10. The van der Waals surface area contributed by atoms with Gasteiger partial charge in [-0.15, -0.1) is 11.3 Å². The molecule has 0 aliphatic heterocycles. The first-order valence-corrected chi connectivity index (χ1v) is 14.4. The van der Waals surface area contributed by atoms with Crippen LogP contribution in [0.4, 0.5) is 0 Å². The van der Waals surface area contributed by atoms with Crippen molar-refractivity contribution in [3.63, 3.8) is 0 Å². The molecular weight excluding hydrogens is 464 g/mol. The standard InChI is InChI=1S/C32H36O3S/c1-20(33)35-24-13-15-31(2)23(19-24)9-11-26-27(31)14-16-32(3)28(26)18-22(30(32)34)17-25-10-12-29(36-25)21-7-5-4-6-8-21/h4-10,12,17,24,26-28H,11,13-16,18-19H2,1-3H3/b22-17+/t24-,26-,27+,28+,31-,32-/m0/s1. The number of carbonyl (C=O) groups excluding carboxylic acids is 2. The molecule has 0 radical (unpaired) electrons. The van der Waals surface area contributed by atoms with Crippen LogP contribution < -0.4 is 0 Å². The van der Waals surface area contributed by atoms with E-state index in [1.54, 1.807) is 11.3 Å². The summed E-state index contributed by atoms with van der Waals surface area (Å²) in [6, 6.07) is 14.8. The summed E-state index contributed by atoms with van der Waals surface area (Å²) in [5, 5.41) is 0. The van der Waals surface area contributed by atoms with Crippen molar-refractivity contribution in [2.24, 2.45) is 28.6 Å². The number of ketones is 1. The number of ether oxygens (including phenoxy) is 1. The molecular formula is C32H36O3S. The summed E-state index contributed by atoms with van der Waals surface area (Å²) >= 11 is 1.77. The Balaban J connectivity index is 1.25. The molecule has 3 nitrogen and oxygen atoms in total. The predicted molar refractivity (Wildman–Crippen MR) is 145 cm³/mol. The molecule has 0 unspecified atom stereocenters. The van der Waals surface area contributed by atoms with Gasteiger partial charge in [0.1, 0.15) is 6.10 Å². The van der Waals surface area contributed by atoms with Gasteiger partial charge in [0, 0.05) is 28.5 Å². The van der Waals surface area contributed by atoms with Gasteiger partial charge in [-0.05, 0) is 91.0 Å². The molecule has 0 amide bonds. The summed E-state index contributed by atoms with van der Waals surface area (Å²) in [6.07, 6.45) is 11.7. The number of allylic oxidation sites excluding steroid dienone is 2. The molecule has 6 atom stereocenters. The first-order valence-electron chi connectivity index (χ1n) is 13.6. The molecule has 36 heavy (non-hydrogen) atoms. The summed E-state index contributed by atoms with van der Waals surface area (Å²) in [4.78, 5) is 27.8. The number of thiophene rings is 1. The second kappa shape index (κ2) is 8.83. The maximum absolute atomic E-state index is 13.8. The molecule has 1 aromatic carbocycles. The van der Waals surface area contributed by atoms with Crippen molar-refractivity contribution in [3.8, 4) is 10.4 Å². The van der Waals surface area contributed by atoms with E-state index in [0.29, 0.717) is 23.5 Å². The Labute approximate surface area is 218 Å². The minimum absolute atomic E-state index is 0.0291. The third kappa shape index (κ3) is 3.84. The summed E-state index contributed by atoms with van der Waals surface area (Å²) in [5.74, 6) is 1.81. The Morgan fingerprint density at radius 2 is 1.78 bits per heavy atom. The normalized spacial score (nSPS) is 36.6. The van der Waals surface area contributed by atoms with E-state index in [1.807, 2.05) is 6.07 Å². The number of rotatable bonds is 3. The molecule has 0 spiro atoms. The van der Waals surface area contributed by atoms with Gasteiger partial charge in [0.15, 0.2) is 5.78 Å². The average Bonchev–Trinajstić information content (AvgIpc) is 3.43. The van der Waals surface area contributed by atoms with Crippen LogP contribution in [-0.4, -0.2) is 17.9 Å². The second-order valence-corrected chi connectivity index (χ2v) is 13.1. The zero-order valence-electron chi connectivity index (χ0n) is 21.6. The van der Waals surface area contributed by atoms with Crippen LogP contribution in [0.1, 0.15) is 70.6 Å². The zero-order valence-corrected chi connectivity index (χ0v) is 22.4. The van der Waals surface area contributed by atoms with Crippen molar-refractivity contribution >= 4 is 29.2 Å². The number of hydrogen-bond donors (Lipinski definition) is 0. The monoisotopic (exact) mass is 500 g/mol. The first-order chi connectivity index (χ1) is 17.3. The molecule has 4 heteroatoms. The number of benzene rings is 1. The Hall–Kier alpha value is -2.46. The first kappa shape index (κ1) is 23.9. The predicted octanol–water partition coefficient (Wildman–Crippen LogP) is 7.87. The van der Waals surface area contributed by atoms with Gasteiger partial charge in [0.2, 0.25) is 0 Å². The van der Waals surface area contributed by atoms with Crippen LogP contribution in [0, 0.1) is 28.6 Å². The molecule has 1 heterocycles. The van der Waals surface area contributed by atoms with Crippen molar-refractivity contribution in [2.45, 2.75) is 71.8 Å². The average molecular weight is 501 g/mol. The molecule has 188 valence electrons. The maximum atomic E-state index is 13.8. The van der Waals surface area contributed by atoms with Gasteiger partial charge in [-0.1, -0.05) is 55.8 Å². The lowest BCUT2D eigenvalue weighted by Crippen LogP contribution is -2.50. The van der Waals surface area contributed by atoms with Crippen molar-refractivity contribution in [3.05, 3.63) is 64.6 Å². The Morgan fingerprint density at radius 1 is 1.00 bits per heavy atom. The van der Waals surface area contributed by atoms with Crippen LogP contribution in [0.2, 0.25) is 0 Å². The van der Waals surface area contributed by atoms with Crippen LogP contribution in [0.3, 0.4) is 0 Å². The summed E-state index contributed by atoms with van der Waals surface area (Å²) in [5.41, 5.74) is 3.70. The number of hydrogen-bond acceptors (Lipinski definition) is 4. The third-order valence-corrected chi connectivity index (χ3v) is 11.1. The SMILES string of the molecule is CC(=O)O[C@H]1CC[C@@]2(C)C(=CC[C@H]3[C@H]2CC[C@]2(C)C(=O)/C(=C/c4ccc(-c5ccccc5)s4)C[C@H]32)C1. The van der Waals surface area contributed by atoms with Crippen molar-refractivity contribution < 1.29 is 14.3 Å². The highest BCUT2D eigenvalue weighted by Gasteiger charge is 2.60. The van der Waals surface area contributed by atoms with E-state index in [-0.39, 0.29) is 22.9 Å². The largest absolute Gasteiger partial charge is 0.462 e. The summed E-state index contributed by atoms with van der Waals surface area (Å²) in [6.45, 7) is 6.22. The lowest BCUT2D eigenvalue weighted by Gasteiger charge is -2.56. The lowest BCUT2D eigenvalue weighted by atomic mass is 9.48. The van der Waals surface area contributed by atoms with Crippen LogP contribution in [0.5, 0.6) is 0 Å². The number of Topliss-reactive ketones (excluding diaryl/α,β-unsaturated/α-hetero) is 1. The fraction of sp³-hybridized carbons (Fsp3) is 0.500. The van der Waals surface area contributed by atoms with Crippen LogP contribution in [0.25, 0.3) is 16.5 Å². The van der Waals surface area contributed by atoms with Crippen LogP contribution in [-0.2, 0) is 14.3 Å². The lowest BCUT2D eigenvalue weighted by molar-refractivity contribution is -0.148. The van der Waals surface area contributed by atoms with E-state index >= 15 is 0 Å². The molecule has 4 aliphatic rings. The zero-order chi connectivity index (χ0) is 25.1. The van der Waals surface area contributed by atoms with Crippen molar-refractivity contribution in [1.82, 2.24) is 0 Å². The summed E-state index contributed by atoms with van der Waals surface area (Å²) in [7, 11) is 0. The van der Waals surface area contributed by atoms with Crippen molar-refractivity contribution in [2.75, 3.05) is 0 Å². The molecule has 3 saturated carbocycles. The topological polar surface area (TPSA) is 43.4 Å². The highest BCUT2D eigenvalue weighted by molar-refractivity contribution is 7.16. The summed E-state index contributed by atoms with van der Waals surface area (Å²) < 4.78 is 5.59. The smallest absolute Gasteiger partial charge is 0.302 e. The van der Waals surface area contributed by atoms with Gasteiger partial charge in [0.05, 0.1) is 0 Å². The number of fused-ring (bicyclic) bond motifs is 5. The Bertz CT molecular complexity index is 1250. The third-order valence-electron chi connectivity index (χ3n) is 10.0. The highest BCUT2D eigenvalue weighted by atomic mass is 32.1. The molecule has 6 rings (SSSR count). The minimum Gasteiger partial charge on any atom is -0.462 e. The number of esters is 1. The molecule has 0 bridgehead atoms. The molecule has 1 aromatic heterocycles. The molecule has 0 saturated heterocycles. The van der Waals surface area contributed by atoms with E-state index in [2.05, 4.69) is 62.4 Å². The van der Waals surface area contributed by atoms with Gasteiger partial charge in [0.25, 0.3) is 0 Å². The van der Waals surface area contributed by atoms with Gasteiger partial charge in [-0.25, -0.2) is 0 Å². The van der Waals surface area contributed by atoms with Gasteiger partial charge < -0.3 is 4.74 Å². The minimum atomic E-state index is -0.233. The highest BCUT2D eigenvalue weighted by Crippen LogP contribution is 2.65. The van der Waals surface area contributed by atoms with Crippen LogP contribution >= 0.6 is 11.3 Å². The van der Waals surface area contributed by atoms with Gasteiger partial charge >= 0.3 is 5.97 Å². The van der Waals surface area contributed by atoms with E-state index in [4.69, 9.17) is 4.74 Å². The van der Waals surface area contributed by atoms with E-state index in [1.165, 1.54) is 27.8 Å². The quantitative estimate of drug-likeness (QED) is 0.245. The molecule has 4 aliphatic carbocycles. The maximum Gasteiger partial charge on any atom is 0.302 e. The molecule has 2 aromatic rings. The van der Waals surface area contributed by atoms with Gasteiger partial charge in [-0.3, -0.25) is 9.59 Å². The Morgan fingerprint density at radius 3 is 2.56 bits per heavy atom. The van der Waals surface area contributed by atoms with Gasteiger partial charge in [-0.2, -0.15) is 0 Å². The molecule has 3 fully saturated rings. The number of carbonyl (C=O) groups is 2.